The summed E-state index contributed by atoms with van der Waals surface area (Å²) < 4.78 is 0. The van der Waals surface area contributed by atoms with E-state index in [-0.39, 0.29) is 5.92 Å². The number of nitrogens with zero attached hydrogens (tertiary/aromatic N) is 1. The van der Waals surface area contributed by atoms with Crippen molar-refractivity contribution >= 4 is 11.6 Å². The van der Waals surface area contributed by atoms with Crippen LogP contribution in [0.5, 0.6) is 0 Å². The first-order valence-electron chi connectivity index (χ1n) is 4.67. The van der Waals surface area contributed by atoms with Gasteiger partial charge in [-0.05, 0) is 17.7 Å². The largest absolute Gasteiger partial charge is 0.315 e. The second-order valence-corrected chi connectivity index (χ2v) is 3.99. The van der Waals surface area contributed by atoms with E-state index in [0.29, 0.717) is 5.92 Å². The molecule has 72 valence electrons. The Bertz CT molecular complexity index is 370. The second kappa shape index (κ2) is 4.00. The quantitative estimate of drug-likeness (QED) is 0.765. The topological polar surface area (TPSA) is 35.8 Å². The molecule has 0 bridgehead atoms. The predicted molar refractivity (Wildman–Crippen MR) is 56.2 cm³/mol. The molecule has 1 N–H and O–H groups in total. The Morgan fingerprint density at radius 3 is 3.00 bits per heavy atom. The maximum Gasteiger partial charge on any atom is 0.0676 e. The van der Waals surface area contributed by atoms with Crippen LogP contribution >= 0.6 is 11.6 Å². The van der Waals surface area contributed by atoms with Gasteiger partial charge >= 0.3 is 0 Å². The minimum Gasteiger partial charge on any atom is -0.315 e. The molecule has 1 aliphatic heterocycles. The Morgan fingerprint density at radius 2 is 2.29 bits per heavy atom. The molecule has 2 atom stereocenters. The molecule has 0 amide bonds. The summed E-state index contributed by atoms with van der Waals surface area (Å²) in [4.78, 5) is 0. The highest BCUT2D eigenvalue weighted by Crippen LogP contribution is 2.28. The van der Waals surface area contributed by atoms with Gasteiger partial charge in [0.05, 0.1) is 12.0 Å². The van der Waals surface area contributed by atoms with Crippen molar-refractivity contribution in [3.8, 4) is 6.07 Å². The van der Waals surface area contributed by atoms with Gasteiger partial charge in [0, 0.05) is 24.0 Å². The molecular weight excluding hydrogens is 196 g/mol. The molecule has 1 aromatic carbocycles. The zero-order valence-corrected chi connectivity index (χ0v) is 8.46. The minimum absolute atomic E-state index is 0.0773. The number of hydrogen-bond donors (Lipinski definition) is 1. The van der Waals surface area contributed by atoms with Crippen LogP contribution in [0.15, 0.2) is 24.3 Å². The average molecular weight is 207 g/mol. The van der Waals surface area contributed by atoms with Crippen LogP contribution in [0.1, 0.15) is 11.5 Å². The lowest BCUT2D eigenvalue weighted by Crippen LogP contribution is -2.08. The molecule has 0 radical (unpaired) electrons. The predicted octanol–water partition coefficient (Wildman–Crippen LogP) is 2.17. The van der Waals surface area contributed by atoms with Gasteiger partial charge in [-0.25, -0.2) is 0 Å². The van der Waals surface area contributed by atoms with E-state index in [1.165, 1.54) is 0 Å². The van der Waals surface area contributed by atoms with Crippen molar-refractivity contribution in [2.45, 2.75) is 5.92 Å². The third-order valence-electron chi connectivity index (χ3n) is 2.66. The van der Waals surface area contributed by atoms with Crippen molar-refractivity contribution in [3.05, 3.63) is 34.9 Å². The van der Waals surface area contributed by atoms with Crippen LogP contribution in [0, 0.1) is 17.2 Å². The molecular formula is C11H11ClN2. The Balaban J connectivity index is 2.27. The number of halogens is 1. The van der Waals surface area contributed by atoms with E-state index in [1.807, 2.05) is 24.3 Å². The van der Waals surface area contributed by atoms with Crippen molar-refractivity contribution < 1.29 is 0 Å². The monoisotopic (exact) mass is 206 g/mol. The SMILES string of the molecule is N#CC1CNCC1c1cccc(Cl)c1. The molecule has 1 saturated heterocycles. The van der Waals surface area contributed by atoms with Gasteiger partial charge in [-0.3, -0.25) is 0 Å². The smallest absolute Gasteiger partial charge is 0.0676 e. The fourth-order valence-electron chi connectivity index (χ4n) is 1.90. The van der Waals surface area contributed by atoms with Crippen LogP contribution in [0.2, 0.25) is 5.02 Å². The molecule has 1 aromatic rings. The van der Waals surface area contributed by atoms with E-state index in [1.54, 1.807) is 0 Å². The van der Waals surface area contributed by atoms with Crippen molar-refractivity contribution in [1.82, 2.24) is 5.32 Å². The summed E-state index contributed by atoms with van der Waals surface area (Å²) in [5.41, 5.74) is 1.16. The van der Waals surface area contributed by atoms with Crippen molar-refractivity contribution in [1.29, 1.82) is 5.26 Å². The number of benzene rings is 1. The zero-order chi connectivity index (χ0) is 9.97. The van der Waals surface area contributed by atoms with Crippen molar-refractivity contribution in [2.75, 3.05) is 13.1 Å². The zero-order valence-electron chi connectivity index (χ0n) is 7.70. The highest BCUT2D eigenvalue weighted by Gasteiger charge is 2.28. The summed E-state index contributed by atoms with van der Waals surface area (Å²) >= 11 is 5.91. The third-order valence-corrected chi connectivity index (χ3v) is 2.89. The number of nitriles is 1. The highest BCUT2D eigenvalue weighted by molar-refractivity contribution is 6.30. The Morgan fingerprint density at radius 1 is 1.43 bits per heavy atom. The summed E-state index contributed by atoms with van der Waals surface area (Å²) in [6, 6.07) is 10.1. The Hall–Kier alpha value is -1.04. The molecule has 0 saturated carbocycles. The Labute approximate surface area is 88.5 Å². The first-order chi connectivity index (χ1) is 6.81. The van der Waals surface area contributed by atoms with Gasteiger partial charge < -0.3 is 5.32 Å². The van der Waals surface area contributed by atoms with Crippen LogP contribution in [0.4, 0.5) is 0 Å². The van der Waals surface area contributed by atoms with Crippen LogP contribution < -0.4 is 5.32 Å². The lowest BCUT2D eigenvalue weighted by Gasteiger charge is -2.12. The van der Waals surface area contributed by atoms with Gasteiger partial charge in [0.15, 0.2) is 0 Å². The molecule has 3 heteroatoms. The summed E-state index contributed by atoms with van der Waals surface area (Å²) in [6.07, 6.45) is 0. The molecule has 14 heavy (non-hydrogen) atoms. The fourth-order valence-corrected chi connectivity index (χ4v) is 2.10. The normalized spacial score (nSPS) is 26.0. The standard InChI is InChI=1S/C11H11ClN2/c12-10-3-1-2-8(4-10)11-7-14-6-9(11)5-13/h1-4,9,11,14H,6-7H2. The molecule has 0 spiro atoms. The first kappa shape index (κ1) is 9.51. The molecule has 2 unspecified atom stereocenters. The molecule has 1 fully saturated rings. The van der Waals surface area contributed by atoms with E-state index < -0.39 is 0 Å². The van der Waals surface area contributed by atoms with Crippen LogP contribution in [0.25, 0.3) is 0 Å². The Kier molecular flexibility index (Phi) is 2.72. The van der Waals surface area contributed by atoms with Crippen molar-refractivity contribution in [3.63, 3.8) is 0 Å². The summed E-state index contributed by atoms with van der Waals surface area (Å²) in [6.45, 7) is 1.66. The van der Waals surface area contributed by atoms with E-state index in [2.05, 4.69) is 11.4 Å². The van der Waals surface area contributed by atoms with E-state index in [4.69, 9.17) is 16.9 Å². The molecule has 1 aliphatic rings. The molecule has 1 heterocycles. The molecule has 0 aliphatic carbocycles. The average Bonchev–Trinajstić information content (AvgIpc) is 2.65. The maximum atomic E-state index is 8.94. The summed E-state index contributed by atoms with van der Waals surface area (Å²) in [5, 5.41) is 12.9. The van der Waals surface area contributed by atoms with Crippen LogP contribution in [-0.2, 0) is 0 Å². The molecule has 2 rings (SSSR count). The van der Waals surface area contributed by atoms with Gasteiger partial charge in [0.2, 0.25) is 0 Å². The molecule has 2 nitrogen and oxygen atoms in total. The lowest BCUT2D eigenvalue weighted by atomic mass is 9.90. The van der Waals surface area contributed by atoms with Gasteiger partial charge in [0.1, 0.15) is 0 Å². The van der Waals surface area contributed by atoms with E-state index >= 15 is 0 Å². The van der Waals surface area contributed by atoms with Gasteiger partial charge in [-0.1, -0.05) is 23.7 Å². The second-order valence-electron chi connectivity index (χ2n) is 3.56. The van der Waals surface area contributed by atoms with Crippen LogP contribution in [-0.4, -0.2) is 13.1 Å². The van der Waals surface area contributed by atoms with Gasteiger partial charge in [-0.15, -0.1) is 0 Å². The minimum atomic E-state index is 0.0773. The fraction of sp³-hybridized carbons (Fsp3) is 0.364. The molecule has 0 aromatic heterocycles. The highest BCUT2D eigenvalue weighted by atomic mass is 35.5. The summed E-state index contributed by atoms with van der Waals surface area (Å²) in [7, 11) is 0. The van der Waals surface area contributed by atoms with Gasteiger partial charge in [-0.2, -0.15) is 5.26 Å². The van der Waals surface area contributed by atoms with Crippen LogP contribution in [0.3, 0.4) is 0 Å². The summed E-state index contributed by atoms with van der Waals surface area (Å²) in [5.74, 6) is 0.368. The lowest BCUT2D eigenvalue weighted by molar-refractivity contribution is 0.646. The van der Waals surface area contributed by atoms with Gasteiger partial charge in [0.25, 0.3) is 0 Å². The maximum absolute atomic E-state index is 8.94. The number of hydrogen-bond acceptors (Lipinski definition) is 2. The van der Waals surface area contributed by atoms with E-state index in [0.717, 1.165) is 23.7 Å². The first-order valence-corrected chi connectivity index (χ1v) is 5.05. The third kappa shape index (κ3) is 1.75. The number of rotatable bonds is 1. The van der Waals surface area contributed by atoms with Crippen molar-refractivity contribution in [2.24, 2.45) is 5.92 Å². The number of nitrogens with one attached hydrogen (secondary N) is 1. The van der Waals surface area contributed by atoms with E-state index in [9.17, 15) is 0 Å².